The Bertz CT molecular complexity index is 1080. The lowest BCUT2D eigenvalue weighted by Crippen LogP contribution is -2.20. The van der Waals surface area contributed by atoms with Crippen LogP contribution in [0.2, 0.25) is 0 Å². The van der Waals surface area contributed by atoms with Gasteiger partial charge < -0.3 is 14.8 Å². The Kier molecular flexibility index (Phi) is 6.86. The normalized spacial score (nSPS) is 10.8. The first-order chi connectivity index (χ1) is 14.6. The van der Waals surface area contributed by atoms with E-state index in [4.69, 9.17) is 9.47 Å². The topological polar surface area (TPSA) is 71.3 Å². The lowest BCUT2D eigenvalue weighted by atomic mass is 10.0. The van der Waals surface area contributed by atoms with Gasteiger partial charge in [0, 0.05) is 5.69 Å². The van der Waals surface area contributed by atoms with Crippen LogP contribution in [0.5, 0.6) is 11.5 Å². The molecule has 0 fully saturated rings. The number of allylic oxidation sites excluding steroid dienone is 1. The second kappa shape index (κ2) is 9.94. The monoisotopic (exact) mass is 398 g/mol. The Morgan fingerprint density at radius 2 is 1.77 bits per heavy atom. The van der Waals surface area contributed by atoms with Crippen LogP contribution in [0, 0.1) is 18.3 Å². The molecule has 1 amide bonds. The summed E-state index contributed by atoms with van der Waals surface area (Å²) in [6.45, 7) is 1.86. The number of hydrogen-bond donors (Lipinski definition) is 1. The molecule has 5 nitrogen and oxygen atoms in total. The molecule has 0 saturated heterocycles. The van der Waals surface area contributed by atoms with Crippen LogP contribution < -0.4 is 14.8 Å². The standard InChI is InChI=1S/C25H22N2O3/c1-18-8-11-20(12-9-18)21(16-26)14-19-10-13-23(24(15-19)29-2)30-17-25(28)27-22-6-4-3-5-7-22/h3-15H,17H2,1-2H3,(H,27,28)/b21-14-. The number of carbonyl (C=O) groups excluding carboxylic acids is 1. The predicted octanol–water partition coefficient (Wildman–Crippen LogP) is 5.09. The zero-order valence-corrected chi connectivity index (χ0v) is 16.9. The first kappa shape index (κ1) is 20.7. The summed E-state index contributed by atoms with van der Waals surface area (Å²) in [5.74, 6) is 0.669. The molecule has 150 valence electrons. The fraction of sp³-hybridized carbons (Fsp3) is 0.120. The molecule has 0 spiro atoms. The molecule has 0 aliphatic rings. The molecular weight excluding hydrogens is 376 g/mol. The van der Waals surface area contributed by atoms with E-state index in [1.165, 1.54) is 7.11 Å². The Morgan fingerprint density at radius 3 is 2.43 bits per heavy atom. The maximum Gasteiger partial charge on any atom is 0.262 e. The van der Waals surface area contributed by atoms with Gasteiger partial charge in [-0.1, -0.05) is 54.1 Å². The second-order valence-electron chi connectivity index (χ2n) is 6.65. The fourth-order valence-electron chi connectivity index (χ4n) is 2.84. The molecule has 3 aromatic rings. The number of methoxy groups -OCH3 is 1. The highest BCUT2D eigenvalue weighted by Crippen LogP contribution is 2.30. The molecule has 0 radical (unpaired) electrons. The van der Waals surface area contributed by atoms with Crippen LogP contribution in [-0.4, -0.2) is 19.6 Å². The average Bonchev–Trinajstić information content (AvgIpc) is 2.77. The molecule has 0 heterocycles. The minimum atomic E-state index is -0.265. The van der Waals surface area contributed by atoms with Crippen LogP contribution in [-0.2, 0) is 4.79 Å². The quantitative estimate of drug-likeness (QED) is 0.445. The predicted molar refractivity (Wildman–Crippen MR) is 118 cm³/mol. The zero-order valence-electron chi connectivity index (χ0n) is 16.9. The summed E-state index contributed by atoms with van der Waals surface area (Å²) in [5.41, 5.74) is 4.03. The highest BCUT2D eigenvalue weighted by atomic mass is 16.5. The molecule has 0 aliphatic heterocycles. The van der Waals surface area contributed by atoms with Gasteiger partial charge in [-0.25, -0.2) is 0 Å². The van der Waals surface area contributed by atoms with E-state index in [1.807, 2.05) is 55.5 Å². The molecule has 30 heavy (non-hydrogen) atoms. The minimum absolute atomic E-state index is 0.146. The fourth-order valence-corrected chi connectivity index (χ4v) is 2.84. The van der Waals surface area contributed by atoms with Crippen LogP contribution in [0.25, 0.3) is 11.6 Å². The first-order valence-electron chi connectivity index (χ1n) is 9.43. The largest absolute Gasteiger partial charge is 0.493 e. The summed E-state index contributed by atoms with van der Waals surface area (Å²) in [7, 11) is 1.53. The maximum absolute atomic E-state index is 12.1. The summed E-state index contributed by atoms with van der Waals surface area (Å²) in [5, 5.41) is 12.3. The van der Waals surface area contributed by atoms with Crippen molar-refractivity contribution in [1.82, 2.24) is 0 Å². The van der Waals surface area contributed by atoms with E-state index in [1.54, 1.807) is 30.3 Å². The number of para-hydroxylation sites is 1. The van der Waals surface area contributed by atoms with Gasteiger partial charge >= 0.3 is 0 Å². The molecule has 0 bridgehead atoms. The van der Waals surface area contributed by atoms with Gasteiger partial charge in [0.1, 0.15) is 0 Å². The van der Waals surface area contributed by atoms with Gasteiger partial charge in [0.05, 0.1) is 18.8 Å². The van der Waals surface area contributed by atoms with Crippen molar-refractivity contribution in [2.45, 2.75) is 6.92 Å². The average molecular weight is 398 g/mol. The number of aryl methyl sites for hydroxylation is 1. The molecule has 3 aromatic carbocycles. The van der Waals surface area contributed by atoms with Crippen LogP contribution in [0.3, 0.4) is 0 Å². The van der Waals surface area contributed by atoms with Gasteiger partial charge in [0.25, 0.3) is 5.91 Å². The lowest BCUT2D eigenvalue weighted by molar-refractivity contribution is -0.118. The summed E-state index contributed by atoms with van der Waals surface area (Å²) in [6.07, 6.45) is 1.79. The molecular formula is C25H22N2O3. The zero-order chi connectivity index (χ0) is 21.3. The van der Waals surface area contributed by atoms with E-state index in [2.05, 4.69) is 11.4 Å². The highest BCUT2D eigenvalue weighted by Gasteiger charge is 2.09. The number of rotatable bonds is 7. The van der Waals surface area contributed by atoms with Gasteiger partial charge in [-0.05, 0) is 48.4 Å². The first-order valence-corrected chi connectivity index (χ1v) is 9.43. The number of amides is 1. The van der Waals surface area contributed by atoms with Crippen molar-refractivity contribution in [2.24, 2.45) is 0 Å². The molecule has 0 unspecified atom stereocenters. The van der Waals surface area contributed by atoms with Crippen LogP contribution in [0.15, 0.2) is 72.8 Å². The maximum atomic E-state index is 12.1. The number of hydrogen-bond acceptors (Lipinski definition) is 4. The SMILES string of the molecule is COc1cc(/C=C(/C#N)c2ccc(C)cc2)ccc1OCC(=O)Nc1ccccc1. The summed E-state index contributed by atoms with van der Waals surface area (Å²) < 4.78 is 11.0. The van der Waals surface area contributed by atoms with E-state index in [9.17, 15) is 10.1 Å². The highest BCUT2D eigenvalue weighted by molar-refractivity contribution is 5.92. The number of ether oxygens (including phenoxy) is 2. The lowest BCUT2D eigenvalue weighted by Gasteiger charge is -2.12. The third-order valence-corrected chi connectivity index (χ3v) is 4.40. The molecule has 3 rings (SSSR count). The minimum Gasteiger partial charge on any atom is -0.493 e. The van der Waals surface area contributed by atoms with Crippen molar-refractivity contribution in [2.75, 3.05) is 19.0 Å². The molecule has 1 N–H and O–H groups in total. The second-order valence-corrected chi connectivity index (χ2v) is 6.65. The third-order valence-electron chi connectivity index (χ3n) is 4.40. The molecule has 0 saturated carbocycles. The van der Waals surface area contributed by atoms with E-state index in [0.717, 1.165) is 16.7 Å². The van der Waals surface area contributed by atoms with Crippen molar-refractivity contribution in [3.8, 4) is 17.6 Å². The summed E-state index contributed by atoms with van der Waals surface area (Å²) in [6, 6.07) is 24.5. The third kappa shape index (κ3) is 5.49. The summed E-state index contributed by atoms with van der Waals surface area (Å²) in [4.78, 5) is 12.1. The molecule has 0 aliphatic carbocycles. The van der Waals surface area contributed by atoms with Gasteiger partial charge in [0.2, 0.25) is 0 Å². The Hall–Kier alpha value is -4.04. The number of anilines is 1. The molecule has 5 heteroatoms. The number of benzene rings is 3. The van der Waals surface area contributed by atoms with E-state index < -0.39 is 0 Å². The van der Waals surface area contributed by atoms with Gasteiger partial charge in [-0.2, -0.15) is 5.26 Å². The van der Waals surface area contributed by atoms with Gasteiger partial charge in [-0.15, -0.1) is 0 Å². The van der Waals surface area contributed by atoms with Crippen LogP contribution >= 0.6 is 0 Å². The Balaban J connectivity index is 1.72. The Morgan fingerprint density at radius 1 is 1.03 bits per heavy atom. The van der Waals surface area contributed by atoms with Crippen molar-refractivity contribution < 1.29 is 14.3 Å². The number of carbonyl (C=O) groups is 1. The molecule has 0 atom stereocenters. The van der Waals surface area contributed by atoms with Gasteiger partial charge in [-0.3, -0.25) is 4.79 Å². The van der Waals surface area contributed by atoms with Gasteiger partial charge in [0.15, 0.2) is 18.1 Å². The van der Waals surface area contributed by atoms with Crippen molar-refractivity contribution >= 4 is 23.2 Å². The van der Waals surface area contributed by atoms with Crippen LogP contribution in [0.1, 0.15) is 16.7 Å². The Labute approximate surface area is 176 Å². The summed E-state index contributed by atoms with van der Waals surface area (Å²) >= 11 is 0. The van der Waals surface area contributed by atoms with E-state index in [0.29, 0.717) is 22.8 Å². The number of nitrogens with zero attached hydrogens (tertiary/aromatic N) is 1. The number of nitriles is 1. The van der Waals surface area contributed by atoms with E-state index >= 15 is 0 Å². The van der Waals surface area contributed by atoms with Crippen LogP contribution in [0.4, 0.5) is 5.69 Å². The smallest absolute Gasteiger partial charge is 0.262 e. The van der Waals surface area contributed by atoms with Crippen molar-refractivity contribution in [1.29, 1.82) is 5.26 Å². The molecule has 0 aromatic heterocycles. The number of nitrogens with one attached hydrogen (secondary N) is 1. The van der Waals surface area contributed by atoms with Crippen molar-refractivity contribution in [3.63, 3.8) is 0 Å². The van der Waals surface area contributed by atoms with E-state index in [-0.39, 0.29) is 12.5 Å². The van der Waals surface area contributed by atoms with Crippen molar-refractivity contribution in [3.05, 3.63) is 89.5 Å².